The van der Waals surface area contributed by atoms with Crippen LogP contribution >= 0.6 is 11.6 Å². The summed E-state index contributed by atoms with van der Waals surface area (Å²) in [5.74, 6) is -0.442. The lowest BCUT2D eigenvalue weighted by Gasteiger charge is -2.37. The molecular formula is C19H30ClNO4S. The van der Waals surface area contributed by atoms with E-state index in [1.807, 2.05) is 27.7 Å². The molecule has 0 aromatic heterocycles. The zero-order valence-electron chi connectivity index (χ0n) is 16.1. The topological polar surface area (TPSA) is 78.8 Å². The molecule has 0 amide bonds. The summed E-state index contributed by atoms with van der Waals surface area (Å²) >= 11 is 4.51. The molecule has 2 atom stereocenters. The molecular weight excluding hydrogens is 374 g/mol. The van der Waals surface area contributed by atoms with Crippen LogP contribution in [-0.2, 0) is 25.6 Å². The first kappa shape index (κ1) is 23.2. The van der Waals surface area contributed by atoms with Gasteiger partial charge in [-0.3, -0.25) is 9.59 Å². The lowest BCUT2D eigenvalue weighted by molar-refractivity contribution is -0.137. The van der Waals surface area contributed by atoms with E-state index in [1.54, 1.807) is 6.08 Å². The van der Waals surface area contributed by atoms with Crippen LogP contribution in [0.15, 0.2) is 16.8 Å². The quantitative estimate of drug-likeness (QED) is 0.181. The van der Waals surface area contributed by atoms with E-state index in [0.29, 0.717) is 37.1 Å². The third-order valence-electron chi connectivity index (χ3n) is 4.64. The first-order chi connectivity index (χ1) is 12.3. The number of oxime groups is 1. The van der Waals surface area contributed by atoms with Crippen LogP contribution in [0.2, 0.25) is 0 Å². The number of carbonyl (C=O) groups excluding carboxylic acids is 2. The molecule has 0 aliphatic heterocycles. The standard InChI is InChI=1S/C19H30ClNO4S/c1-5-8-15(21-25-10-7-9-20)18-16(22)12-19(4,13-17(18)23)11-14(3)26(24)6-2/h7,9,14,18H,5-6,8,10-13H2,1-4H3/t14?,18-,19-,26?. The summed E-state index contributed by atoms with van der Waals surface area (Å²) in [5, 5.41) is 4.01. The highest BCUT2D eigenvalue weighted by molar-refractivity contribution is 7.91. The second-order valence-corrected chi connectivity index (χ2v) is 9.60. The Kier molecular flexibility index (Phi) is 9.90. The van der Waals surface area contributed by atoms with Crippen molar-refractivity contribution in [1.29, 1.82) is 0 Å². The third-order valence-corrected chi connectivity index (χ3v) is 6.45. The van der Waals surface area contributed by atoms with E-state index >= 15 is 0 Å². The summed E-state index contributed by atoms with van der Waals surface area (Å²) in [6.07, 6.45) is 4.12. The van der Waals surface area contributed by atoms with Gasteiger partial charge in [0, 0.05) is 24.8 Å². The molecule has 0 N–H and O–H groups in total. The highest BCUT2D eigenvalue weighted by Gasteiger charge is 2.45. The zero-order valence-corrected chi connectivity index (χ0v) is 17.7. The fraction of sp³-hybridized carbons (Fsp3) is 0.737. The molecule has 0 bridgehead atoms. The van der Waals surface area contributed by atoms with Gasteiger partial charge in [0.05, 0.1) is 5.71 Å². The Morgan fingerprint density at radius 1 is 1.42 bits per heavy atom. The summed E-state index contributed by atoms with van der Waals surface area (Å²) < 4.78 is 12.0. The summed E-state index contributed by atoms with van der Waals surface area (Å²) in [6.45, 7) is 7.92. The van der Waals surface area contributed by atoms with Gasteiger partial charge in [-0.1, -0.05) is 48.2 Å². The maximum atomic E-state index is 12.8. The third kappa shape index (κ3) is 6.71. The van der Waals surface area contributed by atoms with Crippen LogP contribution in [0.4, 0.5) is 0 Å². The van der Waals surface area contributed by atoms with E-state index in [4.69, 9.17) is 16.4 Å². The minimum absolute atomic E-state index is 0.0309. The van der Waals surface area contributed by atoms with Gasteiger partial charge in [0.1, 0.15) is 35.1 Å². The van der Waals surface area contributed by atoms with Gasteiger partial charge in [0.2, 0.25) is 0 Å². The highest BCUT2D eigenvalue weighted by Crippen LogP contribution is 2.40. The molecule has 148 valence electrons. The van der Waals surface area contributed by atoms with Gasteiger partial charge in [-0.2, -0.15) is 0 Å². The van der Waals surface area contributed by atoms with Crippen molar-refractivity contribution in [3.63, 3.8) is 0 Å². The SMILES string of the molecule is CCCC(=NOCC=CCl)[C@H]1C(=O)C[C@](C)(CC(C)[S+]([O-])CC)CC1=O. The second kappa shape index (κ2) is 11.1. The normalized spacial score (nSPS) is 27.0. The Morgan fingerprint density at radius 3 is 2.54 bits per heavy atom. The van der Waals surface area contributed by atoms with Gasteiger partial charge in [-0.25, -0.2) is 0 Å². The number of halogens is 1. The summed E-state index contributed by atoms with van der Waals surface area (Å²) in [5.41, 5.74) is 1.39. The molecule has 0 saturated heterocycles. The van der Waals surface area contributed by atoms with Crippen LogP contribution < -0.4 is 0 Å². The van der Waals surface area contributed by atoms with Crippen LogP contribution in [0.5, 0.6) is 0 Å². The zero-order chi connectivity index (χ0) is 19.7. The van der Waals surface area contributed by atoms with E-state index < -0.39 is 22.5 Å². The number of rotatable bonds is 10. The maximum Gasteiger partial charge on any atom is 0.149 e. The van der Waals surface area contributed by atoms with Crippen LogP contribution in [0.25, 0.3) is 0 Å². The van der Waals surface area contributed by atoms with Crippen molar-refractivity contribution in [2.75, 3.05) is 12.4 Å². The van der Waals surface area contributed by atoms with Crippen LogP contribution in [0.1, 0.15) is 59.8 Å². The Balaban J connectivity index is 2.88. The number of Topliss-reactive ketones (excluding diaryl/α,β-unsaturated/α-hetero) is 2. The molecule has 0 aromatic rings. The number of hydrogen-bond donors (Lipinski definition) is 0. The van der Waals surface area contributed by atoms with Crippen LogP contribution in [0, 0.1) is 11.3 Å². The molecule has 0 aromatic carbocycles. The lowest BCUT2D eigenvalue weighted by Crippen LogP contribution is -2.44. The largest absolute Gasteiger partial charge is 0.616 e. The van der Waals surface area contributed by atoms with E-state index in [-0.39, 0.29) is 23.4 Å². The van der Waals surface area contributed by atoms with Gasteiger partial charge in [0.25, 0.3) is 0 Å². The summed E-state index contributed by atoms with van der Waals surface area (Å²) in [7, 11) is 0. The predicted octanol–water partition coefficient (Wildman–Crippen LogP) is 4.01. The minimum atomic E-state index is -0.932. The predicted molar refractivity (Wildman–Crippen MR) is 107 cm³/mol. The maximum absolute atomic E-state index is 12.8. The van der Waals surface area contributed by atoms with Gasteiger partial charge in [-0.15, -0.1) is 0 Å². The Hall–Kier alpha value is -0.850. The van der Waals surface area contributed by atoms with Crippen LogP contribution in [0.3, 0.4) is 0 Å². The van der Waals surface area contributed by atoms with Crippen molar-refractivity contribution in [3.05, 3.63) is 11.6 Å². The van der Waals surface area contributed by atoms with E-state index in [1.165, 1.54) is 5.54 Å². The average molecular weight is 404 g/mol. The van der Waals surface area contributed by atoms with E-state index in [2.05, 4.69) is 5.16 Å². The molecule has 1 aliphatic rings. The lowest BCUT2D eigenvalue weighted by atomic mass is 9.67. The van der Waals surface area contributed by atoms with Crippen molar-refractivity contribution in [1.82, 2.24) is 0 Å². The monoisotopic (exact) mass is 403 g/mol. The van der Waals surface area contributed by atoms with Gasteiger partial charge in [-0.05, 0) is 31.8 Å². The molecule has 1 saturated carbocycles. The van der Waals surface area contributed by atoms with Crippen molar-refractivity contribution < 1.29 is 19.0 Å². The Labute approximate surface area is 164 Å². The van der Waals surface area contributed by atoms with Crippen LogP contribution in [-0.4, -0.2) is 39.4 Å². The molecule has 0 spiro atoms. The molecule has 1 rings (SSSR count). The molecule has 1 fully saturated rings. The average Bonchev–Trinajstić information content (AvgIpc) is 2.56. The first-order valence-electron chi connectivity index (χ1n) is 9.14. The fourth-order valence-corrected chi connectivity index (χ4v) is 4.80. The molecule has 7 heteroatoms. The van der Waals surface area contributed by atoms with Crippen molar-refractivity contribution in [2.45, 2.75) is 65.0 Å². The van der Waals surface area contributed by atoms with Crippen molar-refractivity contribution in [3.8, 4) is 0 Å². The highest BCUT2D eigenvalue weighted by atomic mass is 35.5. The van der Waals surface area contributed by atoms with E-state index in [0.717, 1.165) is 6.42 Å². The second-order valence-electron chi connectivity index (χ2n) is 7.20. The summed E-state index contributed by atoms with van der Waals surface area (Å²) in [4.78, 5) is 30.7. The van der Waals surface area contributed by atoms with Crippen molar-refractivity contribution in [2.24, 2.45) is 16.5 Å². The molecule has 2 unspecified atom stereocenters. The molecule has 1 aliphatic carbocycles. The first-order valence-corrected chi connectivity index (χ1v) is 11.0. The van der Waals surface area contributed by atoms with E-state index in [9.17, 15) is 14.1 Å². The Bertz CT molecular complexity index is 532. The minimum Gasteiger partial charge on any atom is -0.616 e. The number of carbonyl (C=O) groups is 2. The van der Waals surface area contributed by atoms with Gasteiger partial charge in [0.15, 0.2) is 0 Å². The molecule has 0 heterocycles. The number of nitrogens with zero attached hydrogens (tertiary/aromatic N) is 1. The number of hydrogen-bond acceptors (Lipinski definition) is 5. The fourth-order valence-electron chi connectivity index (χ4n) is 3.57. The Morgan fingerprint density at radius 2 is 2.04 bits per heavy atom. The molecule has 26 heavy (non-hydrogen) atoms. The van der Waals surface area contributed by atoms with Crippen molar-refractivity contribution >= 4 is 40.1 Å². The van der Waals surface area contributed by atoms with Gasteiger partial charge >= 0.3 is 0 Å². The van der Waals surface area contributed by atoms with Gasteiger partial charge < -0.3 is 9.39 Å². The molecule has 0 radical (unpaired) electrons. The molecule has 5 nitrogen and oxygen atoms in total. The summed E-state index contributed by atoms with van der Waals surface area (Å²) in [6, 6.07) is 0. The number of ketones is 2. The smallest absolute Gasteiger partial charge is 0.149 e.